The van der Waals surface area contributed by atoms with Crippen molar-refractivity contribution >= 4 is 23.5 Å². The van der Waals surface area contributed by atoms with Gasteiger partial charge in [-0.25, -0.2) is 0 Å². The molecule has 2 aliphatic rings. The molecule has 0 bridgehead atoms. The lowest BCUT2D eigenvalue weighted by Crippen LogP contribution is -2.42. The second-order valence-electron chi connectivity index (χ2n) is 8.30. The highest BCUT2D eigenvalue weighted by atomic mass is 32.2. The maximum absolute atomic E-state index is 13.0. The predicted octanol–water partition coefficient (Wildman–Crippen LogP) is 4.38. The van der Waals surface area contributed by atoms with Crippen LogP contribution in [0.25, 0.3) is 11.1 Å². The van der Waals surface area contributed by atoms with Crippen molar-refractivity contribution in [1.29, 1.82) is 0 Å². The van der Waals surface area contributed by atoms with E-state index in [2.05, 4.69) is 15.6 Å². The number of nitrogen functional groups attached to an aromatic ring is 1. The SMILES string of the molecule is CN.Cn1c(N2CCC3(CCCC3)CC2)nc(N)c(-c2ccc(SC(F)(F)F)cc2)c1=O. The van der Waals surface area contributed by atoms with Gasteiger partial charge in [-0.1, -0.05) is 25.0 Å². The van der Waals surface area contributed by atoms with E-state index in [4.69, 9.17) is 5.73 Å². The van der Waals surface area contributed by atoms with E-state index < -0.39 is 5.51 Å². The van der Waals surface area contributed by atoms with Gasteiger partial charge in [0.1, 0.15) is 5.82 Å². The maximum Gasteiger partial charge on any atom is 0.446 e. The Morgan fingerprint density at radius 2 is 1.59 bits per heavy atom. The molecule has 2 heterocycles. The van der Waals surface area contributed by atoms with Crippen LogP contribution in [0, 0.1) is 5.41 Å². The van der Waals surface area contributed by atoms with Gasteiger partial charge in [0.05, 0.1) is 5.56 Å². The second-order valence-corrected chi connectivity index (χ2v) is 9.44. The molecule has 0 atom stereocenters. The third kappa shape index (κ3) is 5.23. The summed E-state index contributed by atoms with van der Waals surface area (Å²) in [5, 5.41) is 0. The summed E-state index contributed by atoms with van der Waals surface area (Å²) in [5.41, 5.74) is 7.13. The van der Waals surface area contributed by atoms with Crippen LogP contribution >= 0.6 is 11.8 Å². The summed E-state index contributed by atoms with van der Waals surface area (Å²) in [4.78, 5) is 19.7. The lowest BCUT2D eigenvalue weighted by molar-refractivity contribution is -0.0328. The Morgan fingerprint density at radius 3 is 2.12 bits per heavy atom. The van der Waals surface area contributed by atoms with Crippen molar-refractivity contribution in [3.8, 4) is 11.1 Å². The Hall–Kier alpha value is -2.20. The van der Waals surface area contributed by atoms with Gasteiger partial charge >= 0.3 is 5.51 Å². The Bertz CT molecular complexity index is 975. The first-order valence-electron chi connectivity index (χ1n) is 10.7. The van der Waals surface area contributed by atoms with Crippen LogP contribution in [0.3, 0.4) is 0 Å². The van der Waals surface area contributed by atoms with Crippen molar-refractivity contribution < 1.29 is 13.2 Å². The molecule has 4 rings (SSSR count). The number of halogens is 3. The van der Waals surface area contributed by atoms with Crippen molar-refractivity contribution in [2.75, 3.05) is 30.8 Å². The number of benzene rings is 1. The van der Waals surface area contributed by atoms with Crippen LogP contribution in [0.15, 0.2) is 34.0 Å². The summed E-state index contributed by atoms with van der Waals surface area (Å²) in [6.45, 7) is 1.70. The minimum atomic E-state index is -4.36. The van der Waals surface area contributed by atoms with Crippen molar-refractivity contribution in [2.45, 2.75) is 48.9 Å². The third-order valence-electron chi connectivity index (χ3n) is 6.44. The minimum absolute atomic E-state index is 0.0559. The van der Waals surface area contributed by atoms with E-state index in [1.54, 1.807) is 7.05 Å². The third-order valence-corrected chi connectivity index (χ3v) is 7.18. The zero-order chi connectivity index (χ0) is 23.5. The summed E-state index contributed by atoms with van der Waals surface area (Å²) >= 11 is -0.192. The van der Waals surface area contributed by atoms with Crippen molar-refractivity contribution in [1.82, 2.24) is 9.55 Å². The molecular weight excluding hydrogens is 439 g/mol. The van der Waals surface area contributed by atoms with E-state index in [0.717, 1.165) is 25.9 Å². The molecule has 1 aromatic carbocycles. The second kappa shape index (κ2) is 9.74. The molecule has 2 fully saturated rings. The summed E-state index contributed by atoms with van der Waals surface area (Å²) < 4.78 is 39.1. The van der Waals surface area contributed by atoms with E-state index in [9.17, 15) is 18.0 Å². The minimum Gasteiger partial charge on any atom is -0.383 e. The molecule has 0 radical (unpaired) electrons. The topological polar surface area (TPSA) is 90.2 Å². The highest BCUT2D eigenvalue weighted by Crippen LogP contribution is 2.46. The largest absolute Gasteiger partial charge is 0.446 e. The van der Waals surface area contributed by atoms with Gasteiger partial charge in [-0.2, -0.15) is 18.2 Å². The zero-order valence-corrected chi connectivity index (χ0v) is 19.2. The van der Waals surface area contributed by atoms with E-state index in [-0.39, 0.29) is 33.6 Å². The van der Waals surface area contributed by atoms with Crippen LogP contribution in [0.4, 0.5) is 24.9 Å². The van der Waals surface area contributed by atoms with Crippen LogP contribution in [0.2, 0.25) is 0 Å². The van der Waals surface area contributed by atoms with Gasteiger partial charge in [0.2, 0.25) is 5.95 Å². The standard InChI is InChI=1S/C21H25F3N4OS.CH5N/c1-27-18(29)16(14-4-6-15(7-5-14)30-21(22,23)24)17(25)26-19(27)28-12-10-20(11-13-28)8-2-3-9-20;1-2/h4-7H,2-3,8-13,25H2,1H3;2H2,1H3. The van der Waals surface area contributed by atoms with Gasteiger partial charge in [-0.15, -0.1) is 0 Å². The predicted molar refractivity (Wildman–Crippen MR) is 124 cm³/mol. The number of alkyl halides is 3. The first-order valence-corrected chi connectivity index (χ1v) is 11.5. The Labute approximate surface area is 190 Å². The normalized spacial score (nSPS) is 17.9. The zero-order valence-electron chi connectivity index (χ0n) is 18.4. The molecule has 32 heavy (non-hydrogen) atoms. The van der Waals surface area contributed by atoms with Crippen LogP contribution < -0.4 is 21.9 Å². The van der Waals surface area contributed by atoms with E-state index >= 15 is 0 Å². The number of nitrogens with two attached hydrogens (primary N) is 2. The first-order chi connectivity index (χ1) is 15.2. The van der Waals surface area contributed by atoms with Gasteiger partial charge < -0.3 is 16.4 Å². The molecule has 6 nitrogen and oxygen atoms in total. The van der Waals surface area contributed by atoms with E-state index in [1.807, 2.05) is 0 Å². The van der Waals surface area contributed by atoms with Crippen molar-refractivity contribution in [2.24, 2.45) is 18.2 Å². The highest BCUT2D eigenvalue weighted by molar-refractivity contribution is 8.00. The summed E-state index contributed by atoms with van der Waals surface area (Å²) in [5.74, 6) is 0.656. The number of hydrogen-bond donors (Lipinski definition) is 2. The lowest BCUT2D eigenvalue weighted by atomic mass is 9.77. The summed E-state index contributed by atoms with van der Waals surface area (Å²) in [6.07, 6.45) is 7.39. The molecule has 1 saturated heterocycles. The number of piperidine rings is 1. The Morgan fingerprint density at radius 1 is 1.03 bits per heavy atom. The molecule has 2 aromatic rings. The van der Waals surface area contributed by atoms with Gasteiger partial charge in [-0.05, 0) is 67.6 Å². The van der Waals surface area contributed by atoms with Gasteiger partial charge in [0.15, 0.2) is 0 Å². The Kier molecular flexibility index (Phi) is 7.44. The molecule has 1 spiro atoms. The molecule has 1 aromatic heterocycles. The quantitative estimate of drug-likeness (QED) is 0.649. The number of rotatable bonds is 3. The molecule has 10 heteroatoms. The molecule has 1 aliphatic heterocycles. The molecule has 0 amide bonds. The fraction of sp³-hybridized carbons (Fsp3) is 0.545. The van der Waals surface area contributed by atoms with Gasteiger partial charge in [0, 0.05) is 25.0 Å². The number of anilines is 2. The summed E-state index contributed by atoms with van der Waals surface area (Å²) in [6, 6.07) is 5.64. The molecule has 1 aliphatic carbocycles. The average molecular weight is 470 g/mol. The average Bonchev–Trinajstić information content (AvgIpc) is 3.21. The van der Waals surface area contributed by atoms with Crippen LogP contribution in [-0.2, 0) is 7.05 Å². The maximum atomic E-state index is 13.0. The Balaban J connectivity index is 0.00000141. The molecule has 176 valence electrons. The van der Waals surface area contributed by atoms with E-state index in [1.165, 1.54) is 61.6 Å². The fourth-order valence-corrected chi connectivity index (χ4v) is 5.33. The van der Waals surface area contributed by atoms with Gasteiger partial charge in [-0.3, -0.25) is 9.36 Å². The number of thioether (sulfide) groups is 1. The number of aromatic nitrogens is 2. The molecule has 1 saturated carbocycles. The molecule has 4 N–H and O–H groups in total. The fourth-order valence-electron chi connectivity index (χ4n) is 4.79. The smallest absolute Gasteiger partial charge is 0.383 e. The van der Waals surface area contributed by atoms with Gasteiger partial charge in [0.25, 0.3) is 5.56 Å². The lowest BCUT2D eigenvalue weighted by Gasteiger charge is -2.40. The first kappa shape index (κ1) is 24.4. The van der Waals surface area contributed by atoms with Crippen molar-refractivity contribution in [3.05, 3.63) is 34.6 Å². The highest BCUT2D eigenvalue weighted by Gasteiger charge is 2.37. The summed E-state index contributed by atoms with van der Waals surface area (Å²) in [7, 11) is 3.17. The van der Waals surface area contributed by atoms with Crippen LogP contribution in [-0.4, -0.2) is 35.2 Å². The van der Waals surface area contributed by atoms with Crippen molar-refractivity contribution in [3.63, 3.8) is 0 Å². The number of nitrogens with zero attached hydrogens (tertiary/aromatic N) is 3. The molecular formula is C22H30F3N5OS. The molecule has 0 unspecified atom stereocenters. The monoisotopic (exact) mass is 469 g/mol. The number of hydrogen-bond acceptors (Lipinski definition) is 6. The van der Waals surface area contributed by atoms with Crippen LogP contribution in [0.1, 0.15) is 38.5 Å². The van der Waals surface area contributed by atoms with E-state index in [0.29, 0.717) is 16.9 Å². The van der Waals surface area contributed by atoms with Crippen LogP contribution in [0.5, 0.6) is 0 Å².